The molecule has 0 spiro atoms. The fourth-order valence-corrected chi connectivity index (χ4v) is 3.51. The number of anilines is 1. The van der Waals surface area contributed by atoms with E-state index in [0.29, 0.717) is 43.4 Å². The molecule has 0 bridgehead atoms. The lowest BCUT2D eigenvalue weighted by Crippen LogP contribution is -2.54. The minimum absolute atomic E-state index is 0.0787. The molecule has 29 heavy (non-hydrogen) atoms. The Labute approximate surface area is 176 Å². The molecular formula is C22H26ClN3O3. The first-order valence-corrected chi connectivity index (χ1v) is 10.2. The second kappa shape index (κ2) is 9.65. The Hall–Kier alpha value is -2.73. The van der Waals surface area contributed by atoms with E-state index in [1.807, 2.05) is 31.2 Å². The number of carbonyl (C=O) groups excluding carboxylic acids is 2. The average molecular weight is 416 g/mol. The van der Waals surface area contributed by atoms with Crippen LogP contribution in [0.5, 0.6) is 5.75 Å². The molecule has 1 N–H and O–H groups in total. The van der Waals surface area contributed by atoms with Gasteiger partial charge in [0, 0.05) is 36.8 Å². The third kappa shape index (κ3) is 5.21. The van der Waals surface area contributed by atoms with Gasteiger partial charge in [-0.15, -0.1) is 0 Å². The highest BCUT2D eigenvalue weighted by Gasteiger charge is 2.27. The Morgan fingerprint density at radius 3 is 2.38 bits per heavy atom. The third-order valence-corrected chi connectivity index (χ3v) is 5.17. The largest absolute Gasteiger partial charge is 0.492 e. The van der Waals surface area contributed by atoms with Crippen molar-refractivity contribution in [1.82, 2.24) is 10.2 Å². The van der Waals surface area contributed by atoms with E-state index in [1.54, 1.807) is 36.1 Å². The monoisotopic (exact) mass is 415 g/mol. The lowest BCUT2D eigenvalue weighted by atomic mass is 10.1. The first kappa shape index (κ1) is 21.0. The molecular weight excluding hydrogens is 390 g/mol. The summed E-state index contributed by atoms with van der Waals surface area (Å²) in [6.07, 6.45) is 0. The van der Waals surface area contributed by atoms with Crippen LogP contribution in [-0.4, -0.2) is 55.5 Å². The highest BCUT2D eigenvalue weighted by atomic mass is 35.5. The topological polar surface area (TPSA) is 61.9 Å². The Kier molecular flexibility index (Phi) is 6.99. The molecule has 0 aromatic heterocycles. The molecule has 2 aromatic rings. The van der Waals surface area contributed by atoms with Gasteiger partial charge in [0.25, 0.3) is 5.91 Å². The van der Waals surface area contributed by atoms with Crippen molar-refractivity contribution in [3.63, 3.8) is 0 Å². The Balaban J connectivity index is 1.55. The maximum absolute atomic E-state index is 12.8. The van der Waals surface area contributed by atoms with Gasteiger partial charge in [0.2, 0.25) is 5.91 Å². The molecule has 1 aliphatic rings. The van der Waals surface area contributed by atoms with E-state index in [9.17, 15) is 9.59 Å². The van der Waals surface area contributed by atoms with Crippen molar-refractivity contribution >= 4 is 29.1 Å². The molecule has 1 unspecified atom stereocenters. The minimum atomic E-state index is -0.597. The number of piperazine rings is 1. The van der Waals surface area contributed by atoms with Gasteiger partial charge in [-0.1, -0.05) is 23.7 Å². The Morgan fingerprint density at radius 1 is 1.07 bits per heavy atom. The van der Waals surface area contributed by atoms with Crippen LogP contribution in [0.25, 0.3) is 0 Å². The molecule has 7 heteroatoms. The van der Waals surface area contributed by atoms with Crippen molar-refractivity contribution in [2.45, 2.75) is 19.9 Å². The summed E-state index contributed by atoms with van der Waals surface area (Å²) in [7, 11) is 0. The third-order valence-electron chi connectivity index (χ3n) is 4.92. The van der Waals surface area contributed by atoms with Gasteiger partial charge >= 0.3 is 0 Å². The fourth-order valence-electron chi connectivity index (χ4n) is 3.38. The summed E-state index contributed by atoms with van der Waals surface area (Å²) in [5.74, 6) is 0.496. The first-order chi connectivity index (χ1) is 14.0. The maximum Gasteiger partial charge on any atom is 0.251 e. The Bertz CT molecular complexity index is 849. The summed E-state index contributed by atoms with van der Waals surface area (Å²) in [6, 6.07) is 13.9. The molecule has 1 heterocycles. The molecule has 0 aliphatic carbocycles. The number of benzene rings is 2. The number of rotatable bonds is 6. The van der Waals surface area contributed by atoms with Gasteiger partial charge in [-0.2, -0.15) is 0 Å². The highest BCUT2D eigenvalue weighted by molar-refractivity contribution is 6.30. The zero-order chi connectivity index (χ0) is 20.8. The molecule has 154 valence electrons. The summed E-state index contributed by atoms with van der Waals surface area (Å²) in [4.78, 5) is 29.1. The quantitative estimate of drug-likeness (QED) is 0.787. The van der Waals surface area contributed by atoms with E-state index >= 15 is 0 Å². The molecule has 6 nitrogen and oxygen atoms in total. The molecule has 1 atom stereocenters. The van der Waals surface area contributed by atoms with Crippen LogP contribution in [0.1, 0.15) is 24.2 Å². The van der Waals surface area contributed by atoms with Crippen LogP contribution in [0.4, 0.5) is 5.69 Å². The summed E-state index contributed by atoms with van der Waals surface area (Å²) < 4.78 is 5.72. The van der Waals surface area contributed by atoms with Crippen LogP contribution in [-0.2, 0) is 4.79 Å². The minimum Gasteiger partial charge on any atom is -0.492 e. The highest BCUT2D eigenvalue weighted by Crippen LogP contribution is 2.28. The zero-order valence-electron chi connectivity index (χ0n) is 16.7. The van der Waals surface area contributed by atoms with Crippen LogP contribution >= 0.6 is 11.6 Å². The molecule has 0 saturated carbocycles. The summed E-state index contributed by atoms with van der Waals surface area (Å²) in [6.45, 7) is 6.92. The van der Waals surface area contributed by atoms with Gasteiger partial charge < -0.3 is 19.9 Å². The second-order valence-corrected chi connectivity index (χ2v) is 7.35. The van der Waals surface area contributed by atoms with Gasteiger partial charge in [-0.3, -0.25) is 9.59 Å². The normalized spacial score (nSPS) is 15.0. The molecule has 1 saturated heterocycles. The lowest BCUT2D eigenvalue weighted by Gasteiger charge is -2.37. The summed E-state index contributed by atoms with van der Waals surface area (Å²) in [5.41, 5.74) is 1.52. The number of carbonyl (C=O) groups is 2. The van der Waals surface area contributed by atoms with Crippen LogP contribution in [0, 0.1) is 0 Å². The SMILES string of the molecule is CCOc1ccccc1N1CCN(C(=O)C(C)NC(=O)c2ccc(Cl)cc2)CC1. The number of ether oxygens (including phenoxy) is 1. The summed E-state index contributed by atoms with van der Waals surface area (Å²) in [5, 5.41) is 3.34. The second-order valence-electron chi connectivity index (χ2n) is 6.92. The number of para-hydroxylation sites is 2. The van der Waals surface area contributed by atoms with E-state index in [4.69, 9.17) is 16.3 Å². The number of nitrogens with zero attached hydrogens (tertiary/aromatic N) is 2. The first-order valence-electron chi connectivity index (χ1n) is 9.81. The lowest BCUT2D eigenvalue weighted by molar-refractivity contribution is -0.133. The standard InChI is InChI=1S/C22H26ClN3O3/c1-3-29-20-7-5-4-6-19(20)25-12-14-26(15-13-25)22(28)16(2)24-21(27)17-8-10-18(23)11-9-17/h4-11,16H,3,12-15H2,1-2H3,(H,24,27). The van der Waals surface area contributed by atoms with Crippen molar-refractivity contribution in [3.8, 4) is 5.75 Å². The van der Waals surface area contributed by atoms with Gasteiger partial charge in [-0.05, 0) is 50.2 Å². The van der Waals surface area contributed by atoms with E-state index in [2.05, 4.69) is 10.2 Å². The van der Waals surface area contributed by atoms with Gasteiger partial charge in [-0.25, -0.2) is 0 Å². The smallest absolute Gasteiger partial charge is 0.251 e. The molecule has 3 rings (SSSR count). The van der Waals surface area contributed by atoms with Crippen LogP contribution in [0.15, 0.2) is 48.5 Å². The fraction of sp³-hybridized carbons (Fsp3) is 0.364. The molecule has 2 amide bonds. The zero-order valence-corrected chi connectivity index (χ0v) is 17.5. The predicted molar refractivity (Wildman–Crippen MR) is 115 cm³/mol. The number of hydrogen-bond acceptors (Lipinski definition) is 4. The maximum atomic E-state index is 12.8. The number of halogens is 1. The van der Waals surface area contributed by atoms with Crippen LogP contribution in [0.3, 0.4) is 0 Å². The van der Waals surface area contributed by atoms with Gasteiger partial charge in [0.15, 0.2) is 0 Å². The molecule has 2 aromatic carbocycles. The summed E-state index contributed by atoms with van der Waals surface area (Å²) >= 11 is 5.85. The van der Waals surface area contributed by atoms with Crippen LogP contribution < -0.4 is 15.0 Å². The van der Waals surface area contributed by atoms with Gasteiger partial charge in [0.05, 0.1) is 12.3 Å². The predicted octanol–water partition coefficient (Wildman–Crippen LogP) is 3.21. The Morgan fingerprint density at radius 2 is 1.72 bits per heavy atom. The molecule has 1 aliphatic heterocycles. The van der Waals surface area contributed by atoms with Crippen molar-refractivity contribution in [2.75, 3.05) is 37.7 Å². The number of nitrogens with one attached hydrogen (secondary N) is 1. The van der Waals surface area contributed by atoms with Crippen molar-refractivity contribution in [1.29, 1.82) is 0 Å². The van der Waals surface area contributed by atoms with Gasteiger partial charge in [0.1, 0.15) is 11.8 Å². The van der Waals surface area contributed by atoms with E-state index in [1.165, 1.54) is 0 Å². The number of amides is 2. The van der Waals surface area contributed by atoms with E-state index < -0.39 is 6.04 Å². The van der Waals surface area contributed by atoms with E-state index in [0.717, 1.165) is 11.4 Å². The average Bonchev–Trinajstić information content (AvgIpc) is 2.74. The van der Waals surface area contributed by atoms with Crippen molar-refractivity contribution in [2.24, 2.45) is 0 Å². The van der Waals surface area contributed by atoms with Crippen molar-refractivity contribution in [3.05, 3.63) is 59.1 Å². The number of hydrogen-bond donors (Lipinski definition) is 1. The van der Waals surface area contributed by atoms with E-state index in [-0.39, 0.29) is 11.8 Å². The molecule has 0 radical (unpaired) electrons. The van der Waals surface area contributed by atoms with Crippen molar-refractivity contribution < 1.29 is 14.3 Å². The van der Waals surface area contributed by atoms with Crippen LogP contribution in [0.2, 0.25) is 5.02 Å². The molecule has 1 fully saturated rings.